The molecule has 0 saturated carbocycles. The predicted octanol–water partition coefficient (Wildman–Crippen LogP) is 3.20. The van der Waals surface area contributed by atoms with Crippen LogP contribution in [0.3, 0.4) is 0 Å². The number of thioether (sulfide) groups is 1. The van der Waals surface area contributed by atoms with Gasteiger partial charge >= 0.3 is 0 Å². The van der Waals surface area contributed by atoms with Crippen molar-refractivity contribution in [3.8, 4) is 0 Å². The molecule has 2 rings (SSSR count). The Bertz CT molecular complexity index is 573. The van der Waals surface area contributed by atoms with Gasteiger partial charge in [0.1, 0.15) is 5.82 Å². The number of hydrogen-bond donors (Lipinski definition) is 1. The molecule has 0 fully saturated rings. The summed E-state index contributed by atoms with van der Waals surface area (Å²) in [6.45, 7) is 6.86. The van der Waals surface area contributed by atoms with Crippen molar-refractivity contribution in [1.29, 1.82) is 0 Å². The summed E-state index contributed by atoms with van der Waals surface area (Å²) in [6.07, 6.45) is 0.850. The molecule has 106 valence electrons. The van der Waals surface area contributed by atoms with Crippen LogP contribution in [0.25, 0.3) is 0 Å². The van der Waals surface area contributed by atoms with Crippen molar-refractivity contribution in [2.24, 2.45) is 5.73 Å². The molecular formula is C16H21N3S. The van der Waals surface area contributed by atoms with Crippen LogP contribution >= 0.6 is 11.8 Å². The van der Waals surface area contributed by atoms with Gasteiger partial charge in [-0.15, -0.1) is 11.8 Å². The van der Waals surface area contributed by atoms with Crippen LogP contribution in [-0.4, -0.2) is 16.5 Å². The van der Waals surface area contributed by atoms with E-state index in [1.807, 2.05) is 13.8 Å². The van der Waals surface area contributed by atoms with Gasteiger partial charge in [-0.2, -0.15) is 0 Å². The second-order valence-electron chi connectivity index (χ2n) is 4.88. The molecule has 1 heterocycles. The van der Waals surface area contributed by atoms with Crippen LogP contribution in [0.4, 0.5) is 0 Å². The fraction of sp³-hybridized carbons (Fsp3) is 0.375. The van der Waals surface area contributed by atoms with Gasteiger partial charge in [0.2, 0.25) is 0 Å². The van der Waals surface area contributed by atoms with Crippen molar-refractivity contribution < 1.29 is 0 Å². The van der Waals surface area contributed by atoms with E-state index >= 15 is 0 Å². The molecule has 1 aromatic carbocycles. The molecule has 0 aliphatic rings. The number of benzene rings is 1. The molecule has 0 aliphatic heterocycles. The zero-order chi connectivity index (χ0) is 14.5. The maximum atomic E-state index is 5.63. The van der Waals surface area contributed by atoms with E-state index in [9.17, 15) is 0 Å². The van der Waals surface area contributed by atoms with Crippen LogP contribution in [0.1, 0.15) is 28.3 Å². The van der Waals surface area contributed by atoms with Gasteiger partial charge in [0.25, 0.3) is 0 Å². The van der Waals surface area contributed by atoms with E-state index in [4.69, 9.17) is 5.73 Å². The van der Waals surface area contributed by atoms with Crippen LogP contribution in [0, 0.1) is 20.8 Å². The first kappa shape index (κ1) is 15.0. The summed E-state index contributed by atoms with van der Waals surface area (Å²) in [7, 11) is 0. The van der Waals surface area contributed by atoms with Crippen molar-refractivity contribution >= 4 is 11.8 Å². The smallest absolute Gasteiger partial charge is 0.139 e. The van der Waals surface area contributed by atoms with Crippen molar-refractivity contribution in [3.05, 3.63) is 52.6 Å². The molecule has 0 radical (unpaired) electrons. The molecule has 0 atom stereocenters. The van der Waals surface area contributed by atoms with Crippen LogP contribution < -0.4 is 5.73 Å². The Kier molecular flexibility index (Phi) is 5.15. The minimum atomic E-state index is 0.641. The Labute approximate surface area is 125 Å². The van der Waals surface area contributed by atoms with Crippen molar-refractivity contribution in [1.82, 2.24) is 9.97 Å². The summed E-state index contributed by atoms with van der Waals surface area (Å²) in [4.78, 5) is 10.5. The summed E-state index contributed by atoms with van der Waals surface area (Å²) in [6, 6.07) is 8.40. The Hall–Kier alpha value is -1.39. The molecule has 0 saturated heterocycles. The maximum Gasteiger partial charge on any atom is 0.139 e. The van der Waals surface area contributed by atoms with E-state index in [1.165, 1.54) is 16.0 Å². The van der Waals surface area contributed by atoms with Crippen molar-refractivity contribution in [2.75, 3.05) is 6.54 Å². The number of rotatable bonds is 5. The third-order valence-corrected chi connectivity index (χ3v) is 4.48. The number of hydrogen-bond acceptors (Lipinski definition) is 4. The first-order valence-electron chi connectivity index (χ1n) is 6.83. The summed E-state index contributed by atoms with van der Waals surface area (Å²) >= 11 is 1.79. The third-order valence-electron chi connectivity index (χ3n) is 3.31. The molecule has 0 bridgehead atoms. The van der Waals surface area contributed by atoms with Gasteiger partial charge < -0.3 is 5.73 Å². The Morgan fingerprint density at radius 2 is 1.70 bits per heavy atom. The molecule has 3 nitrogen and oxygen atoms in total. The zero-order valence-electron chi connectivity index (χ0n) is 12.3. The molecule has 2 N–H and O–H groups in total. The monoisotopic (exact) mass is 287 g/mol. The van der Waals surface area contributed by atoms with Gasteiger partial charge in [-0.05, 0) is 50.9 Å². The van der Waals surface area contributed by atoms with Gasteiger partial charge in [-0.25, -0.2) is 9.97 Å². The second-order valence-corrected chi connectivity index (χ2v) is 5.90. The number of aryl methyl sites for hydroxylation is 3. The predicted molar refractivity (Wildman–Crippen MR) is 85.0 cm³/mol. The highest BCUT2D eigenvalue weighted by molar-refractivity contribution is 7.98. The SMILES string of the molecule is Cc1ccccc1SCc1nc(C)c(CCN)c(C)n1. The van der Waals surface area contributed by atoms with E-state index in [0.717, 1.165) is 29.4 Å². The molecule has 0 unspecified atom stereocenters. The molecule has 1 aromatic heterocycles. The van der Waals surface area contributed by atoms with Crippen molar-refractivity contribution in [2.45, 2.75) is 37.8 Å². The van der Waals surface area contributed by atoms with Gasteiger partial charge in [-0.1, -0.05) is 18.2 Å². The summed E-state index contributed by atoms with van der Waals surface area (Å²) in [5.74, 6) is 1.70. The van der Waals surface area contributed by atoms with Crippen LogP contribution in [-0.2, 0) is 12.2 Å². The first-order chi connectivity index (χ1) is 9.61. The van der Waals surface area contributed by atoms with Crippen molar-refractivity contribution in [3.63, 3.8) is 0 Å². The van der Waals surface area contributed by atoms with Crippen LogP contribution in [0.2, 0.25) is 0 Å². The van der Waals surface area contributed by atoms with E-state index in [2.05, 4.69) is 41.2 Å². The summed E-state index contributed by atoms with van der Waals surface area (Å²) < 4.78 is 0. The molecule has 20 heavy (non-hydrogen) atoms. The zero-order valence-corrected chi connectivity index (χ0v) is 13.1. The Morgan fingerprint density at radius 3 is 2.30 bits per heavy atom. The van der Waals surface area contributed by atoms with E-state index in [1.54, 1.807) is 11.8 Å². The fourth-order valence-electron chi connectivity index (χ4n) is 2.24. The van der Waals surface area contributed by atoms with E-state index < -0.39 is 0 Å². The lowest BCUT2D eigenvalue weighted by molar-refractivity contribution is 0.868. The lowest BCUT2D eigenvalue weighted by atomic mass is 10.1. The lowest BCUT2D eigenvalue weighted by Crippen LogP contribution is -2.10. The van der Waals surface area contributed by atoms with Crippen LogP contribution in [0.15, 0.2) is 29.2 Å². The van der Waals surface area contributed by atoms with Gasteiger partial charge in [0, 0.05) is 16.3 Å². The molecule has 0 amide bonds. The topological polar surface area (TPSA) is 51.8 Å². The molecule has 0 spiro atoms. The van der Waals surface area contributed by atoms with Gasteiger partial charge in [0.15, 0.2) is 0 Å². The minimum absolute atomic E-state index is 0.641. The normalized spacial score (nSPS) is 10.8. The number of aromatic nitrogens is 2. The molecular weight excluding hydrogens is 266 g/mol. The van der Waals surface area contributed by atoms with E-state index in [0.29, 0.717) is 6.54 Å². The van der Waals surface area contributed by atoms with Crippen LogP contribution in [0.5, 0.6) is 0 Å². The number of nitrogens with two attached hydrogens (primary N) is 1. The fourth-order valence-corrected chi connectivity index (χ4v) is 3.12. The lowest BCUT2D eigenvalue weighted by Gasteiger charge is -2.10. The quantitative estimate of drug-likeness (QED) is 0.858. The Balaban J connectivity index is 2.13. The molecule has 2 aromatic rings. The highest BCUT2D eigenvalue weighted by atomic mass is 32.2. The van der Waals surface area contributed by atoms with E-state index in [-0.39, 0.29) is 0 Å². The average molecular weight is 287 g/mol. The molecule has 4 heteroatoms. The van der Waals surface area contributed by atoms with Gasteiger partial charge in [-0.3, -0.25) is 0 Å². The second kappa shape index (κ2) is 6.86. The van der Waals surface area contributed by atoms with Gasteiger partial charge in [0.05, 0.1) is 5.75 Å². The summed E-state index contributed by atoms with van der Waals surface area (Å²) in [5, 5.41) is 0. The third kappa shape index (κ3) is 3.58. The highest BCUT2D eigenvalue weighted by Crippen LogP contribution is 2.25. The minimum Gasteiger partial charge on any atom is -0.330 e. The molecule has 0 aliphatic carbocycles. The summed E-state index contributed by atoms with van der Waals surface area (Å²) in [5.41, 5.74) is 10.2. The largest absolute Gasteiger partial charge is 0.330 e. The highest BCUT2D eigenvalue weighted by Gasteiger charge is 2.08. The maximum absolute atomic E-state index is 5.63. The number of nitrogens with zero attached hydrogens (tertiary/aromatic N) is 2. The Morgan fingerprint density at radius 1 is 1.05 bits per heavy atom. The standard InChI is InChI=1S/C16H21N3S/c1-11-6-4-5-7-15(11)20-10-16-18-12(2)14(8-9-17)13(3)19-16/h4-7H,8-10,17H2,1-3H3. The first-order valence-corrected chi connectivity index (χ1v) is 7.82. The average Bonchev–Trinajstić information content (AvgIpc) is 2.42.